The second-order valence-corrected chi connectivity index (χ2v) is 9.10. The van der Waals surface area contributed by atoms with Gasteiger partial charge in [0, 0.05) is 12.7 Å². The fraction of sp³-hybridized carbons (Fsp3) is 0.333. The van der Waals surface area contributed by atoms with Gasteiger partial charge in [-0.2, -0.15) is 0 Å². The number of anilines is 1. The van der Waals surface area contributed by atoms with Gasteiger partial charge in [-0.25, -0.2) is 0 Å². The summed E-state index contributed by atoms with van der Waals surface area (Å²) in [6.07, 6.45) is 0. The molecule has 0 aliphatic rings. The summed E-state index contributed by atoms with van der Waals surface area (Å²) in [5.74, 6) is -0.381. The van der Waals surface area contributed by atoms with E-state index in [1.54, 1.807) is 13.1 Å². The van der Waals surface area contributed by atoms with Crippen molar-refractivity contribution in [3.63, 3.8) is 0 Å². The van der Waals surface area contributed by atoms with Crippen LogP contribution in [0.4, 0.5) is 5.69 Å². The van der Waals surface area contributed by atoms with Crippen molar-refractivity contribution in [2.45, 2.75) is 26.2 Å². The molecule has 2 rings (SSSR count). The molecule has 2 amide bonds. The second kappa shape index (κ2) is 7.49. The van der Waals surface area contributed by atoms with Gasteiger partial charge in [0.25, 0.3) is 5.91 Å². The number of halogens is 1. The van der Waals surface area contributed by atoms with Crippen LogP contribution in [-0.2, 0) is 10.2 Å². The molecule has 1 N–H and O–H groups in total. The highest BCUT2D eigenvalue weighted by Crippen LogP contribution is 2.24. The lowest BCUT2D eigenvalue weighted by Gasteiger charge is -2.19. The largest absolute Gasteiger partial charge is 0.332 e. The molecule has 0 aliphatic heterocycles. The Hall–Kier alpha value is -1.66. The second-order valence-electron chi connectivity index (χ2n) is 6.64. The van der Waals surface area contributed by atoms with Crippen molar-refractivity contribution in [1.82, 2.24) is 4.90 Å². The minimum Gasteiger partial charge on any atom is -0.332 e. The molecule has 6 heteroatoms. The van der Waals surface area contributed by atoms with Gasteiger partial charge in [-0.15, -0.1) is 11.3 Å². The zero-order chi connectivity index (χ0) is 17.9. The molecule has 0 saturated carbocycles. The first-order valence-corrected chi connectivity index (χ1v) is 9.19. The Labute approximate surface area is 155 Å². The van der Waals surface area contributed by atoms with Crippen LogP contribution in [0, 0.1) is 0 Å². The Bertz CT molecular complexity index is 732. The zero-order valence-electron chi connectivity index (χ0n) is 14.2. The van der Waals surface area contributed by atoms with Crippen LogP contribution >= 0.6 is 27.3 Å². The van der Waals surface area contributed by atoms with Gasteiger partial charge in [-0.05, 0) is 51.2 Å². The lowest BCUT2D eigenvalue weighted by atomic mass is 9.87. The molecule has 0 atom stereocenters. The van der Waals surface area contributed by atoms with E-state index in [1.807, 2.05) is 30.3 Å². The van der Waals surface area contributed by atoms with Crippen LogP contribution in [0.5, 0.6) is 0 Å². The minimum atomic E-state index is -0.218. The predicted molar refractivity (Wildman–Crippen MR) is 103 cm³/mol. The Morgan fingerprint density at radius 3 is 2.25 bits per heavy atom. The molecule has 0 saturated heterocycles. The Balaban J connectivity index is 1.94. The SMILES string of the molecule is CN(CC(=O)Nc1ccc(C(C)(C)C)cc1)C(=O)c1ccc(Br)s1. The minimum absolute atomic E-state index is 0.00930. The summed E-state index contributed by atoms with van der Waals surface area (Å²) in [7, 11) is 1.62. The third-order valence-electron chi connectivity index (χ3n) is 3.55. The van der Waals surface area contributed by atoms with E-state index < -0.39 is 0 Å². The van der Waals surface area contributed by atoms with Gasteiger partial charge in [0.1, 0.15) is 0 Å². The van der Waals surface area contributed by atoms with E-state index in [9.17, 15) is 9.59 Å². The van der Waals surface area contributed by atoms with Gasteiger partial charge in [0.05, 0.1) is 15.2 Å². The van der Waals surface area contributed by atoms with Gasteiger partial charge in [0.2, 0.25) is 5.91 Å². The van der Waals surface area contributed by atoms with E-state index in [4.69, 9.17) is 0 Å². The summed E-state index contributed by atoms with van der Waals surface area (Å²) in [6, 6.07) is 11.4. The van der Waals surface area contributed by atoms with Crippen molar-refractivity contribution in [3.05, 3.63) is 50.6 Å². The first-order chi connectivity index (χ1) is 11.2. The fourth-order valence-corrected chi connectivity index (χ4v) is 3.54. The van der Waals surface area contributed by atoms with E-state index in [1.165, 1.54) is 21.8 Å². The molecule has 2 aromatic rings. The van der Waals surface area contributed by atoms with Gasteiger partial charge in [-0.1, -0.05) is 32.9 Å². The quantitative estimate of drug-likeness (QED) is 0.808. The molecule has 0 unspecified atom stereocenters. The maximum absolute atomic E-state index is 12.2. The molecule has 0 bridgehead atoms. The normalized spacial score (nSPS) is 11.2. The highest BCUT2D eigenvalue weighted by atomic mass is 79.9. The van der Waals surface area contributed by atoms with Crippen molar-refractivity contribution in [3.8, 4) is 0 Å². The van der Waals surface area contributed by atoms with E-state index >= 15 is 0 Å². The summed E-state index contributed by atoms with van der Waals surface area (Å²) in [5.41, 5.74) is 2.01. The molecule has 24 heavy (non-hydrogen) atoms. The lowest BCUT2D eigenvalue weighted by molar-refractivity contribution is -0.116. The number of thiophene rings is 1. The monoisotopic (exact) mass is 408 g/mol. The first-order valence-electron chi connectivity index (χ1n) is 7.58. The van der Waals surface area contributed by atoms with Gasteiger partial charge >= 0.3 is 0 Å². The molecule has 0 fully saturated rings. The molecule has 1 heterocycles. The van der Waals surface area contributed by atoms with Gasteiger partial charge in [0.15, 0.2) is 0 Å². The van der Waals surface area contributed by atoms with Crippen LogP contribution in [0.15, 0.2) is 40.2 Å². The average molecular weight is 409 g/mol. The van der Waals surface area contributed by atoms with Crippen LogP contribution in [0.3, 0.4) is 0 Å². The first kappa shape index (κ1) is 18.7. The summed E-state index contributed by atoms with van der Waals surface area (Å²) in [5, 5.41) is 2.82. The van der Waals surface area contributed by atoms with Crippen LogP contribution in [-0.4, -0.2) is 30.3 Å². The van der Waals surface area contributed by atoms with Gasteiger partial charge < -0.3 is 10.2 Å². The maximum Gasteiger partial charge on any atom is 0.264 e. The standard InChI is InChI=1S/C18H21BrN2O2S/c1-18(2,3)12-5-7-13(8-6-12)20-16(22)11-21(4)17(23)14-9-10-15(19)24-14/h5-10H,11H2,1-4H3,(H,20,22). The summed E-state index contributed by atoms with van der Waals surface area (Å²) in [6.45, 7) is 6.44. The van der Waals surface area contributed by atoms with E-state index in [-0.39, 0.29) is 23.8 Å². The van der Waals surface area contributed by atoms with Crippen LogP contribution in [0.25, 0.3) is 0 Å². The van der Waals surface area contributed by atoms with E-state index in [2.05, 4.69) is 42.0 Å². The van der Waals surface area contributed by atoms with Crippen molar-refractivity contribution < 1.29 is 9.59 Å². The predicted octanol–water partition coefficient (Wildman–Crippen LogP) is 4.52. The number of amides is 2. The number of benzene rings is 1. The van der Waals surface area contributed by atoms with Crippen LogP contribution in [0.2, 0.25) is 0 Å². The number of likely N-dealkylation sites (N-methyl/N-ethyl adjacent to an activating group) is 1. The van der Waals surface area contributed by atoms with Crippen molar-refractivity contribution >= 4 is 44.8 Å². The molecule has 0 aliphatic carbocycles. The summed E-state index contributed by atoms with van der Waals surface area (Å²) >= 11 is 4.69. The zero-order valence-corrected chi connectivity index (χ0v) is 16.6. The topological polar surface area (TPSA) is 49.4 Å². The average Bonchev–Trinajstić information content (AvgIpc) is 2.92. The summed E-state index contributed by atoms with van der Waals surface area (Å²) in [4.78, 5) is 26.4. The Morgan fingerprint density at radius 2 is 1.75 bits per heavy atom. The molecule has 4 nitrogen and oxygen atoms in total. The molecule has 0 radical (unpaired) electrons. The third kappa shape index (κ3) is 4.92. The van der Waals surface area contributed by atoms with E-state index in [0.717, 1.165) is 9.47 Å². The number of hydrogen-bond donors (Lipinski definition) is 1. The number of rotatable bonds is 4. The number of nitrogens with one attached hydrogen (secondary N) is 1. The van der Waals surface area contributed by atoms with Crippen LogP contribution < -0.4 is 5.32 Å². The van der Waals surface area contributed by atoms with E-state index in [0.29, 0.717) is 4.88 Å². The highest BCUT2D eigenvalue weighted by Gasteiger charge is 2.17. The Morgan fingerprint density at radius 1 is 1.12 bits per heavy atom. The number of carbonyl (C=O) groups is 2. The molecule has 1 aromatic carbocycles. The third-order valence-corrected chi connectivity index (χ3v) is 5.16. The molecular weight excluding hydrogens is 388 g/mol. The molecule has 128 valence electrons. The summed E-state index contributed by atoms with van der Waals surface area (Å²) < 4.78 is 0.891. The number of carbonyl (C=O) groups excluding carboxylic acids is 2. The molecule has 1 aromatic heterocycles. The number of hydrogen-bond acceptors (Lipinski definition) is 3. The maximum atomic E-state index is 12.2. The van der Waals surface area contributed by atoms with Crippen molar-refractivity contribution in [2.24, 2.45) is 0 Å². The highest BCUT2D eigenvalue weighted by molar-refractivity contribution is 9.11. The van der Waals surface area contributed by atoms with Crippen LogP contribution in [0.1, 0.15) is 36.0 Å². The lowest BCUT2D eigenvalue weighted by Crippen LogP contribution is -2.34. The molecular formula is C18H21BrN2O2S. The Kier molecular flexibility index (Phi) is 5.83. The van der Waals surface area contributed by atoms with Crippen molar-refractivity contribution in [2.75, 3.05) is 18.9 Å². The smallest absolute Gasteiger partial charge is 0.264 e. The fourth-order valence-electron chi connectivity index (χ4n) is 2.16. The number of nitrogens with zero attached hydrogens (tertiary/aromatic N) is 1. The van der Waals surface area contributed by atoms with Crippen molar-refractivity contribution in [1.29, 1.82) is 0 Å². The molecule has 0 spiro atoms. The van der Waals surface area contributed by atoms with Gasteiger partial charge in [-0.3, -0.25) is 9.59 Å².